The zero-order valence-electron chi connectivity index (χ0n) is 11.1. The van der Waals surface area contributed by atoms with Crippen LogP contribution < -0.4 is 0 Å². The molecule has 0 unspecified atom stereocenters. The molecule has 0 aromatic rings. The van der Waals surface area contributed by atoms with Crippen LogP contribution in [-0.4, -0.2) is 38.7 Å². The van der Waals surface area contributed by atoms with Crippen molar-refractivity contribution >= 4 is 12.3 Å². The maximum Gasteiger partial charge on any atom is 0.508 e. The molecule has 0 spiro atoms. The number of hydrogen-bond donors (Lipinski definition) is 0. The van der Waals surface area contributed by atoms with Crippen molar-refractivity contribution in [2.75, 3.05) is 26.4 Å². The van der Waals surface area contributed by atoms with Gasteiger partial charge in [-0.15, -0.1) is 0 Å². The van der Waals surface area contributed by atoms with Gasteiger partial charge in [-0.25, -0.2) is 9.59 Å². The van der Waals surface area contributed by atoms with Gasteiger partial charge in [0.1, 0.15) is 19.8 Å². The first-order valence-electron chi connectivity index (χ1n) is 5.54. The van der Waals surface area contributed by atoms with Crippen LogP contribution in [0.1, 0.15) is 6.92 Å². The fourth-order valence-electron chi connectivity index (χ4n) is 0.582. The minimum Gasteiger partial charge on any atom is -0.435 e. The smallest absolute Gasteiger partial charge is 0.435 e. The SMILES string of the molecule is C=CCOC(=O)OCC.C=CCOC(=O)OCC=C. The fourth-order valence-corrected chi connectivity index (χ4v) is 0.582. The molecule has 0 N–H and O–H groups in total. The van der Waals surface area contributed by atoms with Gasteiger partial charge < -0.3 is 18.9 Å². The number of carbonyl (C=O) groups excluding carboxylic acids is 2. The van der Waals surface area contributed by atoms with Crippen molar-refractivity contribution in [3.8, 4) is 0 Å². The van der Waals surface area contributed by atoms with E-state index in [4.69, 9.17) is 0 Å². The lowest BCUT2D eigenvalue weighted by Crippen LogP contribution is -2.06. The van der Waals surface area contributed by atoms with E-state index in [2.05, 4.69) is 38.7 Å². The summed E-state index contributed by atoms with van der Waals surface area (Å²) in [6.45, 7) is 12.7. The van der Waals surface area contributed by atoms with Crippen LogP contribution in [0.25, 0.3) is 0 Å². The summed E-state index contributed by atoms with van der Waals surface area (Å²) in [5.74, 6) is 0. The Balaban J connectivity index is 0. The third-order valence-corrected chi connectivity index (χ3v) is 1.22. The molecule has 0 amide bonds. The van der Waals surface area contributed by atoms with Crippen molar-refractivity contribution < 1.29 is 28.5 Å². The minimum atomic E-state index is -0.695. The zero-order valence-corrected chi connectivity index (χ0v) is 11.1. The summed E-state index contributed by atoms with van der Waals surface area (Å²) in [5, 5.41) is 0. The average molecular weight is 272 g/mol. The summed E-state index contributed by atoms with van der Waals surface area (Å²) in [6, 6.07) is 0. The molecular weight excluding hydrogens is 252 g/mol. The Labute approximate surface area is 113 Å². The van der Waals surface area contributed by atoms with Gasteiger partial charge in [0.25, 0.3) is 0 Å². The highest BCUT2D eigenvalue weighted by Gasteiger charge is 1.98. The van der Waals surface area contributed by atoms with Crippen LogP contribution in [-0.2, 0) is 18.9 Å². The lowest BCUT2D eigenvalue weighted by Gasteiger charge is -1.99. The first kappa shape index (κ1) is 19.1. The largest absolute Gasteiger partial charge is 0.508 e. The Bertz CT molecular complexity index is 271. The summed E-state index contributed by atoms with van der Waals surface area (Å²) in [4.78, 5) is 20.7. The maximum atomic E-state index is 10.4. The Kier molecular flexibility index (Phi) is 15.8. The molecule has 0 radical (unpaired) electrons. The Morgan fingerprint density at radius 1 is 0.789 bits per heavy atom. The van der Waals surface area contributed by atoms with Crippen molar-refractivity contribution in [1.82, 2.24) is 0 Å². The van der Waals surface area contributed by atoms with Gasteiger partial charge in [-0.1, -0.05) is 38.0 Å². The Hall–Kier alpha value is -2.24. The molecule has 0 aliphatic carbocycles. The van der Waals surface area contributed by atoms with E-state index in [9.17, 15) is 9.59 Å². The predicted octanol–water partition coefficient (Wildman–Crippen LogP) is 2.86. The van der Waals surface area contributed by atoms with Crippen LogP contribution in [0.15, 0.2) is 38.0 Å². The second kappa shape index (κ2) is 15.8. The molecule has 0 aromatic carbocycles. The van der Waals surface area contributed by atoms with Crippen LogP contribution in [0.4, 0.5) is 9.59 Å². The van der Waals surface area contributed by atoms with Crippen LogP contribution in [0, 0.1) is 0 Å². The number of ether oxygens (including phenoxy) is 4. The maximum absolute atomic E-state index is 10.4. The standard InChI is InChI=1S/C7H10O3.C6H10O3/c1-3-5-9-7(8)10-6-4-2;1-3-5-9-6(7)8-4-2/h3-4H,1-2,5-6H2;3H,1,4-5H2,2H3. The molecule has 0 aliphatic heterocycles. The molecule has 0 atom stereocenters. The molecule has 0 saturated carbocycles. The highest BCUT2D eigenvalue weighted by molar-refractivity contribution is 5.60. The van der Waals surface area contributed by atoms with E-state index >= 15 is 0 Å². The van der Waals surface area contributed by atoms with E-state index in [0.717, 1.165) is 0 Å². The number of carbonyl (C=O) groups is 2. The van der Waals surface area contributed by atoms with Crippen LogP contribution in [0.5, 0.6) is 0 Å². The highest BCUT2D eigenvalue weighted by atomic mass is 16.7. The molecule has 0 heterocycles. The van der Waals surface area contributed by atoms with Gasteiger partial charge in [0.2, 0.25) is 0 Å². The molecule has 0 aromatic heterocycles. The zero-order chi connectivity index (χ0) is 14.9. The lowest BCUT2D eigenvalue weighted by molar-refractivity contribution is 0.0672. The van der Waals surface area contributed by atoms with E-state index < -0.39 is 12.3 Å². The van der Waals surface area contributed by atoms with Crippen molar-refractivity contribution in [1.29, 1.82) is 0 Å². The third kappa shape index (κ3) is 18.3. The highest BCUT2D eigenvalue weighted by Crippen LogP contribution is 1.85. The van der Waals surface area contributed by atoms with Crippen molar-refractivity contribution in [2.24, 2.45) is 0 Å². The summed E-state index contributed by atoms with van der Waals surface area (Å²) in [5.41, 5.74) is 0. The van der Waals surface area contributed by atoms with E-state index in [1.165, 1.54) is 18.2 Å². The molecule has 6 nitrogen and oxygen atoms in total. The van der Waals surface area contributed by atoms with Crippen LogP contribution in [0.2, 0.25) is 0 Å². The number of hydrogen-bond acceptors (Lipinski definition) is 6. The van der Waals surface area contributed by atoms with E-state index in [1.54, 1.807) is 6.92 Å². The van der Waals surface area contributed by atoms with Gasteiger partial charge in [-0.2, -0.15) is 0 Å². The Morgan fingerprint density at radius 2 is 1.11 bits per heavy atom. The fraction of sp³-hybridized carbons (Fsp3) is 0.385. The molecule has 19 heavy (non-hydrogen) atoms. The van der Waals surface area contributed by atoms with Crippen molar-refractivity contribution in [3.05, 3.63) is 38.0 Å². The topological polar surface area (TPSA) is 71.1 Å². The Morgan fingerprint density at radius 3 is 1.37 bits per heavy atom. The van der Waals surface area contributed by atoms with E-state index in [0.29, 0.717) is 6.61 Å². The van der Waals surface area contributed by atoms with E-state index in [-0.39, 0.29) is 19.8 Å². The van der Waals surface area contributed by atoms with Crippen molar-refractivity contribution in [3.63, 3.8) is 0 Å². The van der Waals surface area contributed by atoms with Gasteiger partial charge in [0.05, 0.1) is 6.61 Å². The molecule has 0 saturated heterocycles. The van der Waals surface area contributed by atoms with Gasteiger partial charge in [-0.3, -0.25) is 0 Å². The lowest BCUT2D eigenvalue weighted by atomic mass is 10.7. The van der Waals surface area contributed by atoms with E-state index in [1.807, 2.05) is 0 Å². The van der Waals surface area contributed by atoms with Gasteiger partial charge in [0.15, 0.2) is 0 Å². The van der Waals surface area contributed by atoms with Gasteiger partial charge in [0, 0.05) is 0 Å². The average Bonchev–Trinajstić information content (AvgIpc) is 2.41. The molecule has 0 aliphatic rings. The summed E-state index contributed by atoms with van der Waals surface area (Å²) in [7, 11) is 0. The van der Waals surface area contributed by atoms with Crippen LogP contribution >= 0.6 is 0 Å². The monoisotopic (exact) mass is 272 g/mol. The summed E-state index contributed by atoms with van der Waals surface area (Å²) < 4.78 is 17.8. The predicted molar refractivity (Wildman–Crippen MR) is 70.9 cm³/mol. The molecule has 0 bridgehead atoms. The van der Waals surface area contributed by atoms with Crippen LogP contribution in [0.3, 0.4) is 0 Å². The van der Waals surface area contributed by atoms with Crippen molar-refractivity contribution in [2.45, 2.75) is 6.92 Å². The quantitative estimate of drug-likeness (QED) is 0.524. The molecular formula is C13H20O6. The van der Waals surface area contributed by atoms with Gasteiger partial charge >= 0.3 is 12.3 Å². The van der Waals surface area contributed by atoms with Gasteiger partial charge in [-0.05, 0) is 6.92 Å². The first-order chi connectivity index (χ1) is 9.12. The third-order valence-electron chi connectivity index (χ3n) is 1.22. The molecule has 108 valence electrons. The number of rotatable bonds is 7. The molecule has 6 heteroatoms. The molecule has 0 rings (SSSR count). The summed E-state index contributed by atoms with van der Waals surface area (Å²) in [6.07, 6.45) is 3.08. The first-order valence-corrected chi connectivity index (χ1v) is 5.54. The molecule has 0 fully saturated rings. The minimum absolute atomic E-state index is 0.177. The second-order valence-corrected chi connectivity index (χ2v) is 2.73. The summed E-state index contributed by atoms with van der Waals surface area (Å²) >= 11 is 0. The normalized spacial score (nSPS) is 8.05. The second-order valence-electron chi connectivity index (χ2n) is 2.73.